The topological polar surface area (TPSA) is 184 Å². The lowest BCUT2D eigenvalue weighted by atomic mass is 10.1. The molecule has 166 valence electrons. The largest absolute Gasteiger partial charge is 0.394 e. The summed E-state index contributed by atoms with van der Waals surface area (Å²) in [5.41, 5.74) is 5.29. The Hall–Kier alpha value is -2.29. The number of nitrogen functional groups attached to an aromatic ring is 1. The molecule has 2 fully saturated rings. The predicted octanol–water partition coefficient (Wildman–Crippen LogP) is -2.55. The van der Waals surface area contributed by atoms with Crippen LogP contribution in [0.4, 0.5) is 11.9 Å². The highest BCUT2D eigenvalue weighted by molar-refractivity contribution is 5.74. The van der Waals surface area contributed by atoms with Crippen molar-refractivity contribution in [3.8, 4) is 0 Å². The highest BCUT2D eigenvalue weighted by Gasteiger charge is 2.45. The highest BCUT2D eigenvalue weighted by atomic mass is 16.6. The number of aliphatic hydroxyl groups is 3. The zero-order valence-electron chi connectivity index (χ0n) is 16.4. The molecule has 30 heavy (non-hydrogen) atoms. The standard InChI is InChI=1S/C17H27N7O6/c18-16-21-13-10(14(28)22-16)20-17(19-2-1-3-23-4-6-29-7-5-23)24(13)15-12(27)11(26)9(8-25)30-15/h9,11-12,15,25-27H,1-8H2,(H,19,20)(H3,18,21,22,28). The molecule has 4 atom stereocenters. The first-order valence-corrected chi connectivity index (χ1v) is 9.93. The van der Waals surface area contributed by atoms with Crippen molar-refractivity contribution in [3.05, 3.63) is 10.4 Å². The van der Waals surface area contributed by atoms with E-state index in [1.54, 1.807) is 0 Å². The van der Waals surface area contributed by atoms with Crippen LogP contribution in [0.2, 0.25) is 0 Å². The monoisotopic (exact) mass is 425 g/mol. The molecule has 2 aliphatic heterocycles. The van der Waals surface area contributed by atoms with Gasteiger partial charge in [-0.1, -0.05) is 0 Å². The summed E-state index contributed by atoms with van der Waals surface area (Å²) in [4.78, 5) is 25.4. The molecule has 13 heteroatoms. The second kappa shape index (κ2) is 8.83. The molecule has 0 bridgehead atoms. The van der Waals surface area contributed by atoms with Crippen molar-refractivity contribution in [3.63, 3.8) is 0 Å². The second-order valence-electron chi connectivity index (χ2n) is 7.39. The lowest BCUT2D eigenvalue weighted by Gasteiger charge is -2.26. The molecule has 4 heterocycles. The van der Waals surface area contributed by atoms with Gasteiger partial charge in [-0.2, -0.15) is 4.98 Å². The number of fused-ring (bicyclic) bond motifs is 1. The van der Waals surface area contributed by atoms with Crippen molar-refractivity contribution < 1.29 is 24.8 Å². The molecule has 0 radical (unpaired) electrons. The Bertz CT molecular complexity index is 927. The van der Waals surface area contributed by atoms with Crippen molar-refractivity contribution in [1.82, 2.24) is 24.4 Å². The minimum Gasteiger partial charge on any atom is -0.394 e. The molecule has 0 amide bonds. The molecule has 2 aromatic rings. The van der Waals surface area contributed by atoms with Crippen LogP contribution < -0.4 is 16.6 Å². The van der Waals surface area contributed by atoms with Gasteiger partial charge in [-0.15, -0.1) is 0 Å². The van der Waals surface area contributed by atoms with Gasteiger partial charge in [0.1, 0.15) is 18.3 Å². The number of hydrogen-bond donors (Lipinski definition) is 6. The van der Waals surface area contributed by atoms with Crippen LogP contribution in [0.1, 0.15) is 12.6 Å². The maximum atomic E-state index is 12.3. The molecule has 13 nitrogen and oxygen atoms in total. The van der Waals surface area contributed by atoms with Gasteiger partial charge in [-0.05, 0) is 13.0 Å². The number of nitrogens with one attached hydrogen (secondary N) is 2. The highest BCUT2D eigenvalue weighted by Crippen LogP contribution is 2.33. The SMILES string of the molecule is Nc1nc2c(nc(NCCCN3CCOCC3)n2C2OC(CO)C(O)C2O)c(=O)[nH]1. The van der Waals surface area contributed by atoms with E-state index in [-0.39, 0.29) is 23.1 Å². The van der Waals surface area contributed by atoms with E-state index in [2.05, 4.69) is 25.2 Å². The smallest absolute Gasteiger partial charge is 0.280 e. The summed E-state index contributed by atoms with van der Waals surface area (Å²) in [6, 6.07) is 0. The summed E-state index contributed by atoms with van der Waals surface area (Å²) in [5, 5.41) is 33.2. The van der Waals surface area contributed by atoms with E-state index in [9.17, 15) is 20.1 Å². The van der Waals surface area contributed by atoms with Gasteiger partial charge >= 0.3 is 0 Å². The third-order valence-electron chi connectivity index (χ3n) is 5.38. The number of anilines is 2. The van der Waals surface area contributed by atoms with E-state index >= 15 is 0 Å². The molecule has 0 spiro atoms. The maximum Gasteiger partial charge on any atom is 0.280 e. The number of nitrogens with two attached hydrogens (primary N) is 1. The minimum atomic E-state index is -1.35. The summed E-state index contributed by atoms with van der Waals surface area (Å²) in [5.74, 6) is 0.143. The Morgan fingerprint density at radius 3 is 2.70 bits per heavy atom. The van der Waals surface area contributed by atoms with Crippen LogP contribution in [0.5, 0.6) is 0 Å². The van der Waals surface area contributed by atoms with E-state index in [1.807, 2.05) is 0 Å². The van der Waals surface area contributed by atoms with E-state index in [0.29, 0.717) is 6.54 Å². The zero-order chi connectivity index (χ0) is 21.3. The van der Waals surface area contributed by atoms with Gasteiger partial charge in [0, 0.05) is 19.6 Å². The number of hydrogen-bond acceptors (Lipinski definition) is 11. The van der Waals surface area contributed by atoms with Crippen LogP contribution in [0.25, 0.3) is 11.2 Å². The van der Waals surface area contributed by atoms with Crippen molar-refractivity contribution >= 4 is 23.1 Å². The molecule has 2 aliphatic rings. The Kier molecular flexibility index (Phi) is 6.17. The third kappa shape index (κ3) is 3.99. The number of aromatic nitrogens is 4. The lowest BCUT2D eigenvalue weighted by Crippen LogP contribution is -2.37. The molecule has 4 unspecified atom stereocenters. The average Bonchev–Trinajstić information content (AvgIpc) is 3.23. The number of H-pyrrole nitrogens is 1. The maximum absolute atomic E-state index is 12.3. The van der Waals surface area contributed by atoms with Gasteiger partial charge in [0.05, 0.1) is 19.8 Å². The average molecular weight is 425 g/mol. The van der Waals surface area contributed by atoms with E-state index in [0.717, 1.165) is 39.3 Å². The number of ether oxygens (including phenoxy) is 2. The van der Waals surface area contributed by atoms with Crippen molar-refractivity contribution in [1.29, 1.82) is 0 Å². The molecule has 0 aromatic carbocycles. The first kappa shape index (κ1) is 21.0. The zero-order valence-corrected chi connectivity index (χ0v) is 16.4. The molecule has 7 N–H and O–H groups in total. The number of aromatic amines is 1. The molecular formula is C17H27N7O6. The van der Waals surface area contributed by atoms with E-state index in [4.69, 9.17) is 15.2 Å². The summed E-state index contributed by atoms with van der Waals surface area (Å²) in [6.07, 6.45) is -3.92. The summed E-state index contributed by atoms with van der Waals surface area (Å²) >= 11 is 0. The first-order valence-electron chi connectivity index (χ1n) is 9.93. The Morgan fingerprint density at radius 1 is 1.23 bits per heavy atom. The van der Waals surface area contributed by atoms with E-state index < -0.39 is 36.7 Å². The van der Waals surface area contributed by atoms with Crippen LogP contribution in [0, 0.1) is 0 Å². The van der Waals surface area contributed by atoms with Crippen molar-refractivity contribution in [2.45, 2.75) is 31.0 Å². The quantitative estimate of drug-likeness (QED) is 0.257. The van der Waals surface area contributed by atoms with Crippen LogP contribution in [0.15, 0.2) is 4.79 Å². The van der Waals surface area contributed by atoms with Crippen LogP contribution >= 0.6 is 0 Å². The van der Waals surface area contributed by atoms with Crippen LogP contribution in [-0.4, -0.2) is 104 Å². The van der Waals surface area contributed by atoms with Gasteiger partial charge in [0.15, 0.2) is 17.4 Å². The number of morpholine rings is 1. The summed E-state index contributed by atoms with van der Waals surface area (Å²) in [7, 11) is 0. The normalized spacial score (nSPS) is 27.7. The van der Waals surface area contributed by atoms with Gasteiger partial charge < -0.3 is 35.8 Å². The number of rotatable bonds is 7. The molecule has 4 rings (SSSR count). The Balaban J connectivity index is 1.58. The van der Waals surface area contributed by atoms with Crippen molar-refractivity contribution in [2.24, 2.45) is 0 Å². The van der Waals surface area contributed by atoms with Crippen molar-refractivity contribution in [2.75, 3.05) is 57.1 Å². The lowest BCUT2D eigenvalue weighted by molar-refractivity contribution is -0.0501. The van der Waals surface area contributed by atoms with Gasteiger partial charge in [0.25, 0.3) is 5.56 Å². The van der Waals surface area contributed by atoms with Crippen LogP contribution in [0.3, 0.4) is 0 Å². The van der Waals surface area contributed by atoms with E-state index in [1.165, 1.54) is 4.57 Å². The number of aliphatic hydroxyl groups excluding tert-OH is 3. The van der Waals surface area contributed by atoms with Gasteiger partial charge in [-0.3, -0.25) is 19.2 Å². The van der Waals surface area contributed by atoms with Crippen LogP contribution in [-0.2, 0) is 9.47 Å². The fourth-order valence-corrected chi connectivity index (χ4v) is 3.79. The Labute approximate surface area is 171 Å². The summed E-state index contributed by atoms with van der Waals surface area (Å²) in [6.45, 7) is 4.17. The minimum absolute atomic E-state index is 0.0256. The molecule has 0 saturated carbocycles. The predicted molar refractivity (Wildman–Crippen MR) is 106 cm³/mol. The molecular weight excluding hydrogens is 398 g/mol. The molecule has 2 aromatic heterocycles. The number of nitrogens with zero attached hydrogens (tertiary/aromatic N) is 4. The number of imidazole rings is 1. The van der Waals surface area contributed by atoms with Gasteiger partial charge in [0.2, 0.25) is 11.9 Å². The fourth-order valence-electron chi connectivity index (χ4n) is 3.79. The first-order chi connectivity index (χ1) is 14.5. The second-order valence-corrected chi connectivity index (χ2v) is 7.39. The third-order valence-corrected chi connectivity index (χ3v) is 5.38. The summed E-state index contributed by atoms with van der Waals surface area (Å²) < 4.78 is 12.4. The molecule has 2 saturated heterocycles. The Morgan fingerprint density at radius 2 is 2.00 bits per heavy atom. The fraction of sp³-hybridized carbons (Fsp3) is 0.706. The molecule has 0 aliphatic carbocycles. The van der Waals surface area contributed by atoms with Gasteiger partial charge in [-0.25, -0.2) is 4.98 Å².